The Morgan fingerprint density at radius 3 is 2.40 bits per heavy atom. The fourth-order valence-electron chi connectivity index (χ4n) is 2.89. The van der Waals surface area contributed by atoms with Crippen molar-refractivity contribution in [1.29, 1.82) is 0 Å². The van der Waals surface area contributed by atoms with Gasteiger partial charge in [-0.3, -0.25) is 19.7 Å². The summed E-state index contributed by atoms with van der Waals surface area (Å²) in [5.74, 6) is -0.964. The molecule has 2 amide bonds. The highest BCUT2D eigenvalue weighted by Crippen LogP contribution is 2.18. The summed E-state index contributed by atoms with van der Waals surface area (Å²) in [5.41, 5.74) is 2.85. The first kappa shape index (κ1) is 20.9. The number of non-ortho nitro benzene ring substituents is 1. The van der Waals surface area contributed by atoms with E-state index < -0.39 is 16.7 Å². The number of hydrogen-bond donors (Lipinski definition) is 2. The molecule has 3 rings (SSSR count). The van der Waals surface area contributed by atoms with Crippen molar-refractivity contribution in [3.8, 4) is 0 Å². The summed E-state index contributed by atoms with van der Waals surface area (Å²) in [6.07, 6.45) is 1.41. The number of hydrogen-bond acceptors (Lipinski definition) is 5. The quantitative estimate of drug-likeness (QED) is 0.343. The second kappa shape index (κ2) is 9.15. The molecule has 0 spiro atoms. The van der Waals surface area contributed by atoms with Crippen molar-refractivity contribution in [2.75, 3.05) is 5.32 Å². The smallest absolute Gasteiger partial charge is 0.272 e. The maximum absolute atomic E-state index is 12.9. The van der Waals surface area contributed by atoms with Crippen molar-refractivity contribution >= 4 is 40.6 Å². The summed E-state index contributed by atoms with van der Waals surface area (Å²) < 4.78 is 0. The lowest BCUT2D eigenvalue weighted by Gasteiger charge is -2.12. The highest BCUT2D eigenvalue weighted by atomic mass is 32.1. The van der Waals surface area contributed by atoms with Crippen molar-refractivity contribution in [1.82, 2.24) is 5.32 Å². The van der Waals surface area contributed by atoms with Gasteiger partial charge in [-0.15, -0.1) is 11.3 Å². The number of carbonyl (C=O) groups is 2. The lowest BCUT2D eigenvalue weighted by molar-refractivity contribution is -0.384. The topological polar surface area (TPSA) is 101 Å². The van der Waals surface area contributed by atoms with Gasteiger partial charge in [0.1, 0.15) is 5.70 Å². The van der Waals surface area contributed by atoms with Gasteiger partial charge in [-0.2, -0.15) is 0 Å². The van der Waals surface area contributed by atoms with Gasteiger partial charge >= 0.3 is 0 Å². The molecule has 0 unspecified atom stereocenters. The normalized spacial score (nSPS) is 11.1. The largest absolute Gasteiger partial charge is 0.321 e. The van der Waals surface area contributed by atoms with E-state index >= 15 is 0 Å². The fraction of sp³-hybridized carbons (Fsp3) is 0.0909. The monoisotopic (exact) mass is 421 g/mol. The lowest BCUT2D eigenvalue weighted by atomic mass is 10.1. The Morgan fingerprint density at radius 2 is 1.77 bits per heavy atom. The standard InChI is InChI=1S/C22H19N3O4S/c1-14-9-15(2)11-17(10-14)23-21(26)19(24-22(27)20-7-4-8-30-20)13-16-5-3-6-18(12-16)25(28)29/h3-13H,1-2H3,(H,23,26)(H,24,27). The van der Waals surface area contributed by atoms with E-state index in [9.17, 15) is 19.7 Å². The van der Waals surface area contributed by atoms with Crippen LogP contribution in [0.15, 0.2) is 65.7 Å². The van der Waals surface area contributed by atoms with Gasteiger partial charge < -0.3 is 10.6 Å². The molecular weight excluding hydrogens is 402 g/mol. The number of amides is 2. The highest BCUT2D eigenvalue weighted by Gasteiger charge is 2.16. The van der Waals surface area contributed by atoms with E-state index in [0.717, 1.165) is 11.1 Å². The van der Waals surface area contributed by atoms with E-state index in [1.165, 1.54) is 35.6 Å². The number of rotatable bonds is 6. The summed E-state index contributed by atoms with van der Waals surface area (Å²) in [4.78, 5) is 36.4. The van der Waals surface area contributed by atoms with Crippen LogP contribution in [0.4, 0.5) is 11.4 Å². The van der Waals surface area contributed by atoms with Crippen LogP contribution < -0.4 is 10.6 Å². The molecule has 1 aromatic heterocycles. The van der Waals surface area contributed by atoms with Crippen molar-refractivity contribution in [2.24, 2.45) is 0 Å². The van der Waals surface area contributed by atoms with Crippen LogP contribution in [-0.2, 0) is 4.79 Å². The third kappa shape index (κ3) is 5.39. The number of nitrogens with one attached hydrogen (secondary N) is 2. The van der Waals surface area contributed by atoms with Crippen LogP contribution in [0.2, 0.25) is 0 Å². The van der Waals surface area contributed by atoms with E-state index in [1.54, 1.807) is 23.6 Å². The van der Waals surface area contributed by atoms with Gasteiger partial charge in [0.2, 0.25) is 0 Å². The average Bonchev–Trinajstić information content (AvgIpc) is 3.21. The number of carbonyl (C=O) groups excluding carboxylic acids is 2. The Bertz CT molecular complexity index is 1120. The summed E-state index contributed by atoms with van der Waals surface area (Å²) >= 11 is 1.25. The number of thiophene rings is 1. The molecule has 2 N–H and O–H groups in total. The highest BCUT2D eigenvalue weighted by molar-refractivity contribution is 7.12. The molecule has 7 nitrogen and oxygen atoms in total. The molecular formula is C22H19N3O4S. The van der Waals surface area contributed by atoms with Crippen molar-refractivity contribution in [3.05, 3.63) is 97.4 Å². The Labute approximate surface area is 177 Å². The van der Waals surface area contributed by atoms with E-state index in [-0.39, 0.29) is 11.4 Å². The summed E-state index contributed by atoms with van der Waals surface area (Å²) in [6.45, 7) is 3.84. The van der Waals surface area contributed by atoms with Crippen LogP contribution in [-0.4, -0.2) is 16.7 Å². The summed E-state index contributed by atoms with van der Waals surface area (Å²) in [5, 5.41) is 18.2. The molecule has 0 saturated heterocycles. The number of nitro benzene ring substituents is 1. The van der Waals surface area contributed by atoms with Gasteiger partial charge in [0, 0.05) is 17.8 Å². The molecule has 3 aromatic rings. The van der Waals surface area contributed by atoms with Crippen LogP contribution in [0.25, 0.3) is 6.08 Å². The predicted octanol–water partition coefficient (Wildman–Crippen LogP) is 4.68. The first-order valence-corrected chi connectivity index (χ1v) is 9.90. The van der Waals surface area contributed by atoms with Gasteiger partial charge in [0.15, 0.2) is 0 Å². The lowest BCUT2D eigenvalue weighted by Crippen LogP contribution is -2.30. The van der Waals surface area contributed by atoms with E-state index in [4.69, 9.17) is 0 Å². The Balaban J connectivity index is 1.93. The van der Waals surface area contributed by atoms with Gasteiger partial charge in [-0.1, -0.05) is 24.3 Å². The zero-order valence-electron chi connectivity index (χ0n) is 16.3. The second-order valence-corrected chi connectivity index (χ2v) is 7.62. The van der Waals surface area contributed by atoms with Crippen molar-refractivity contribution in [2.45, 2.75) is 13.8 Å². The zero-order chi connectivity index (χ0) is 21.7. The van der Waals surface area contributed by atoms with Crippen LogP contribution in [0, 0.1) is 24.0 Å². The molecule has 1 heterocycles. The van der Waals surface area contributed by atoms with Crippen LogP contribution in [0.5, 0.6) is 0 Å². The fourth-order valence-corrected chi connectivity index (χ4v) is 3.51. The van der Waals surface area contributed by atoms with Crippen LogP contribution >= 0.6 is 11.3 Å². The average molecular weight is 421 g/mol. The Hall–Kier alpha value is -3.78. The number of anilines is 1. The molecule has 2 aromatic carbocycles. The molecule has 0 atom stereocenters. The first-order chi connectivity index (χ1) is 14.3. The van der Waals surface area contributed by atoms with E-state index in [1.807, 2.05) is 32.0 Å². The van der Waals surface area contributed by atoms with Crippen LogP contribution in [0.1, 0.15) is 26.4 Å². The molecule has 0 radical (unpaired) electrons. The van der Waals surface area contributed by atoms with E-state index in [2.05, 4.69) is 10.6 Å². The Morgan fingerprint density at radius 1 is 1.03 bits per heavy atom. The number of benzene rings is 2. The molecule has 0 aliphatic rings. The van der Waals surface area contributed by atoms with Gasteiger partial charge in [-0.05, 0) is 60.2 Å². The Kier molecular flexibility index (Phi) is 6.38. The first-order valence-electron chi connectivity index (χ1n) is 9.02. The van der Waals surface area contributed by atoms with Gasteiger partial charge in [-0.25, -0.2) is 0 Å². The van der Waals surface area contributed by atoms with Crippen molar-refractivity contribution < 1.29 is 14.5 Å². The molecule has 30 heavy (non-hydrogen) atoms. The molecule has 8 heteroatoms. The van der Waals surface area contributed by atoms with Crippen molar-refractivity contribution in [3.63, 3.8) is 0 Å². The molecule has 0 aliphatic heterocycles. The third-order valence-corrected chi connectivity index (χ3v) is 4.98. The zero-order valence-corrected chi connectivity index (χ0v) is 17.2. The third-order valence-electron chi connectivity index (χ3n) is 4.11. The second-order valence-electron chi connectivity index (χ2n) is 6.67. The molecule has 0 bridgehead atoms. The SMILES string of the molecule is Cc1cc(C)cc(NC(=O)C(=Cc2cccc([N+](=O)[O-])c2)NC(=O)c2cccs2)c1. The molecule has 0 aliphatic carbocycles. The van der Waals surface area contributed by atoms with Gasteiger partial charge in [0.25, 0.3) is 17.5 Å². The molecule has 0 fully saturated rings. The molecule has 152 valence electrons. The number of aryl methyl sites for hydroxylation is 2. The van der Waals surface area contributed by atoms with Crippen LogP contribution in [0.3, 0.4) is 0 Å². The summed E-state index contributed by atoms with van der Waals surface area (Å²) in [7, 11) is 0. The van der Waals surface area contributed by atoms with E-state index in [0.29, 0.717) is 16.1 Å². The minimum atomic E-state index is -0.531. The maximum atomic E-state index is 12.9. The van der Waals surface area contributed by atoms with Gasteiger partial charge in [0.05, 0.1) is 9.80 Å². The number of nitrogens with zero attached hydrogens (tertiary/aromatic N) is 1. The molecule has 0 saturated carbocycles. The number of nitro groups is 1. The predicted molar refractivity (Wildman–Crippen MR) is 117 cm³/mol. The summed E-state index contributed by atoms with van der Waals surface area (Å²) in [6, 6.07) is 14.8. The minimum Gasteiger partial charge on any atom is -0.321 e. The minimum absolute atomic E-state index is 0.0203. The maximum Gasteiger partial charge on any atom is 0.272 e.